The number of benzene rings is 1. The van der Waals surface area contributed by atoms with E-state index >= 15 is 0 Å². The zero-order valence-corrected chi connectivity index (χ0v) is 11.4. The predicted octanol–water partition coefficient (Wildman–Crippen LogP) is 2.88. The van der Waals surface area contributed by atoms with Crippen molar-refractivity contribution >= 4 is 5.91 Å². The van der Waals surface area contributed by atoms with Crippen LogP contribution in [0.1, 0.15) is 31.4 Å². The number of halogens is 3. The van der Waals surface area contributed by atoms with E-state index in [0.29, 0.717) is 6.42 Å². The van der Waals surface area contributed by atoms with Crippen LogP contribution in [0.4, 0.5) is 13.2 Å². The van der Waals surface area contributed by atoms with Gasteiger partial charge in [-0.25, -0.2) is 0 Å². The highest BCUT2D eigenvalue weighted by molar-refractivity contribution is 5.77. The maximum atomic E-state index is 12.4. The van der Waals surface area contributed by atoms with E-state index in [0.717, 1.165) is 10.5 Å². The number of nitrogens with two attached hydrogens (primary N) is 1. The molecule has 112 valence electrons. The number of carbonyl (C=O) groups excluding carboxylic acids is 1. The lowest BCUT2D eigenvalue weighted by Gasteiger charge is -2.25. The molecule has 0 spiro atoms. The smallest absolute Gasteiger partial charge is 0.334 e. The first-order chi connectivity index (χ1) is 9.33. The molecule has 1 unspecified atom stereocenters. The first-order valence-corrected chi connectivity index (χ1v) is 6.48. The minimum absolute atomic E-state index is 0.0832. The van der Waals surface area contributed by atoms with Gasteiger partial charge in [0.05, 0.1) is 0 Å². The third kappa shape index (κ3) is 5.61. The van der Waals surface area contributed by atoms with Gasteiger partial charge in [-0.05, 0) is 12.0 Å². The lowest BCUT2D eigenvalue weighted by atomic mass is 10.0. The molecule has 2 N–H and O–H groups in total. The molecule has 0 saturated heterocycles. The van der Waals surface area contributed by atoms with Gasteiger partial charge in [-0.3, -0.25) is 4.79 Å². The van der Waals surface area contributed by atoms with E-state index in [1.165, 1.54) is 0 Å². The molecule has 0 bridgehead atoms. The topological polar surface area (TPSA) is 46.3 Å². The second-order valence-electron chi connectivity index (χ2n) is 4.65. The zero-order chi connectivity index (χ0) is 15.2. The largest absolute Gasteiger partial charge is 0.406 e. The van der Waals surface area contributed by atoms with E-state index < -0.39 is 24.7 Å². The normalized spacial score (nSPS) is 13.1. The summed E-state index contributed by atoms with van der Waals surface area (Å²) in [6.45, 7) is 0.592. The van der Waals surface area contributed by atoms with Crippen molar-refractivity contribution in [2.75, 3.05) is 13.1 Å². The van der Waals surface area contributed by atoms with E-state index in [2.05, 4.69) is 0 Å². The summed E-state index contributed by atoms with van der Waals surface area (Å²) >= 11 is 0. The molecule has 1 aromatic rings. The first kappa shape index (κ1) is 16.5. The molecule has 1 atom stereocenters. The number of hydrogen-bond acceptors (Lipinski definition) is 2. The first-order valence-electron chi connectivity index (χ1n) is 6.48. The van der Waals surface area contributed by atoms with Gasteiger partial charge in [-0.2, -0.15) is 13.2 Å². The Morgan fingerprint density at radius 3 is 2.40 bits per heavy atom. The van der Waals surface area contributed by atoms with Gasteiger partial charge in [0.2, 0.25) is 5.91 Å². The standard InChI is InChI=1S/C14H19F3N2O/c1-2-8-19(10-14(15,16)17)13(20)9-12(18)11-6-4-3-5-7-11/h3-7,12H,2,8-10,18H2,1H3. The molecule has 0 radical (unpaired) electrons. The summed E-state index contributed by atoms with van der Waals surface area (Å²) in [7, 11) is 0. The Morgan fingerprint density at radius 2 is 1.90 bits per heavy atom. The van der Waals surface area contributed by atoms with Crippen molar-refractivity contribution < 1.29 is 18.0 Å². The second-order valence-corrected chi connectivity index (χ2v) is 4.65. The maximum absolute atomic E-state index is 12.4. The molecule has 1 amide bonds. The molecule has 0 aliphatic heterocycles. The monoisotopic (exact) mass is 288 g/mol. The molecule has 0 saturated carbocycles. The van der Waals surface area contributed by atoms with Crippen molar-refractivity contribution in [2.24, 2.45) is 5.73 Å². The molecule has 6 heteroatoms. The Hall–Kier alpha value is -1.56. The zero-order valence-electron chi connectivity index (χ0n) is 11.4. The lowest BCUT2D eigenvalue weighted by Crippen LogP contribution is -2.40. The van der Waals surface area contributed by atoms with Gasteiger partial charge in [0.25, 0.3) is 0 Å². The van der Waals surface area contributed by atoms with E-state index in [-0.39, 0.29) is 13.0 Å². The molecule has 0 aliphatic rings. The SMILES string of the molecule is CCCN(CC(F)(F)F)C(=O)CC(N)c1ccccc1. The average molecular weight is 288 g/mol. The van der Waals surface area contributed by atoms with Crippen LogP contribution >= 0.6 is 0 Å². The van der Waals surface area contributed by atoms with Crippen LogP contribution in [0.5, 0.6) is 0 Å². The summed E-state index contributed by atoms with van der Waals surface area (Å²) in [5, 5.41) is 0. The fraction of sp³-hybridized carbons (Fsp3) is 0.500. The van der Waals surface area contributed by atoms with Gasteiger partial charge >= 0.3 is 6.18 Å². The summed E-state index contributed by atoms with van der Waals surface area (Å²) < 4.78 is 37.3. The molecular formula is C14H19F3N2O. The highest BCUT2D eigenvalue weighted by Crippen LogP contribution is 2.20. The van der Waals surface area contributed by atoms with Crippen LogP contribution in [0.2, 0.25) is 0 Å². The van der Waals surface area contributed by atoms with E-state index in [4.69, 9.17) is 5.73 Å². The highest BCUT2D eigenvalue weighted by Gasteiger charge is 2.32. The van der Waals surface area contributed by atoms with Crippen LogP contribution in [0.15, 0.2) is 30.3 Å². The van der Waals surface area contributed by atoms with Gasteiger partial charge < -0.3 is 10.6 Å². The summed E-state index contributed by atoms with van der Waals surface area (Å²) in [6, 6.07) is 8.29. The molecule has 20 heavy (non-hydrogen) atoms. The van der Waals surface area contributed by atoms with Crippen LogP contribution in [-0.4, -0.2) is 30.1 Å². The number of carbonyl (C=O) groups is 1. The van der Waals surface area contributed by atoms with Gasteiger partial charge in [0.15, 0.2) is 0 Å². The van der Waals surface area contributed by atoms with Crippen LogP contribution in [0.3, 0.4) is 0 Å². The number of alkyl halides is 3. The van der Waals surface area contributed by atoms with Crippen LogP contribution in [0, 0.1) is 0 Å². The van der Waals surface area contributed by atoms with Crippen molar-refractivity contribution in [1.29, 1.82) is 0 Å². The Balaban J connectivity index is 2.66. The fourth-order valence-electron chi connectivity index (χ4n) is 1.91. The molecule has 0 fully saturated rings. The molecular weight excluding hydrogens is 269 g/mol. The van der Waals surface area contributed by atoms with E-state index in [1.807, 2.05) is 6.07 Å². The lowest BCUT2D eigenvalue weighted by molar-refractivity contribution is -0.161. The minimum atomic E-state index is -4.39. The fourth-order valence-corrected chi connectivity index (χ4v) is 1.91. The van der Waals surface area contributed by atoms with Crippen molar-refractivity contribution in [3.05, 3.63) is 35.9 Å². The quantitative estimate of drug-likeness (QED) is 0.875. The Bertz CT molecular complexity index is 420. The molecule has 1 aromatic carbocycles. The third-order valence-electron chi connectivity index (χ3n) is 2.84. The van der Waals surface area contributed by atoms with Gasteiger partial charge in [-0.1, -0.05) is 37.3 Å². The van der Waals surface area contributed by atoms with Crippen molar-refractivity contribution in [3.63, 3.8) is 0 Å². The highest BCUT2D eigenvalue weighted by atomic mass is 19.4. The van der Waals surface area contributed by atoms with Gasteiger partial charge in [0.1, 0.15) is 6.54 Å². The second kappa shape index (κ2) is 7.28. The molecule has 0 aliphatic carbocycles. The van der Waals surface area contributed by atoms with Crippen LogP contribution in [-0.2, 0) is 4.79 Å². The van der Waals surface area contributed by atoms with E-state index in [9.17, 15) is 18.0 Å². The number of nitrogens with zero attached hydrogens (tertiary/aromatic N) is 1. The molecule has 0 heterocycles. The van der Waals surface area contributed by atoms with Gasteiger partial charge in [-0.15, -0.1) is 0 Å². The van der Waals surface area contributed by atoms with Gasteiger partial charge in [0, 0.05) is 19.0 Å². The van der Waals surface area contributed by atoms with Crippen LogP contribution < -0.4 is 5.73 Å². The Kier molecular flexibility index (Phi) is 6.01. The Morgan fingerprint density at radius 1 is 1.30 bits per heavy atom. The number of rotatable bonds is 6. The predicted molar refractivity (Wildman–Crippen MR) is 70.9 cm³/mol. The minimum Gasteiger partial charge on any atom is -0.334 e. The molecule has 1 rings (SSSR count). The molecule has 3 nitrogen and oxygen atoms in total. The maximum Gasteiger partial charge on any atom is 0.406 e. The van der Waals surface area contributed by atoms with E-state index in [1.54, 1.807) is 31.2 Å². The summed E-state index contributed by atoms with van der Waals surface area (Å²) in [5.74, 6) is -0.569. The number of amides is 1. The summed E-state index contributed by atoms with van der Waals surface area (Å²) in [5.41, 5.74) is 6.60. The summed E-state index contributed by atoms with van der Waals surface area (Å²) in [4.78, 5) is 12.8. The number of hydrogen-bond donors (Lipinski definition) is 1. The van der Waals surface area contributed by atoms with Crippen molar-refractivity contribution in [2.45, 2.75) is 32.0 Å². The summed E-state index contributed by atoms with van der Waals surface area (Å²) in [6.07, 6.45) is -4.04. The average Bonchev–Trinajstić information content (AvgIpc) is 2.37. The Labute approximate surface area is 116 Å². The van der Waals surface area contributed by atoms with Crippen molar-refractivity contribution in [3.8, 4) is 0 Å². The van der Waals surface area contributed by atoms with Crippen molar-refractivity contribution in [1.82, 2.24) is 4.90 Å². The molecule has 0 aromatic heterocycles. The third-order valence-corrected chi connectivity index (χ3v) is 2.84. The van der Waals surface area contributed by atoms with Crippen LogP contribution in [0.25, 0.3) is 0 Å².